The number of hydrogen-bond donors (Lipinski definition) is 2. The van der Waals surface area contributed by atoms with Crippen LogP contribution in [0, 0.1) is 0 Å². The quantitative estimate of drug-likeness (QED) is 0.719. The molecule has 2 heterocycles. The van der Waals surface area contributed by atoms with Crippen LogP contribution in [0.3, 0.4) is 0 Å². The van der Waals surface area contributed by atoms with Gasteiger partial charge in [-0.15, -0.1) is 0 Å². The van der Waals surface area contributed by atoms with Crippen LogP contribution in [-0.2, 0) is 15.6 Å². The SMILES string of the molecule is O=C1CC2=C(NN1)c1ccccc1S(=O)C=C2. The monoisotopic (exact) mass is 246 g/mol. The predicted molar refractivity (Wildman–Crippen MR) is 64.8 cm³/mol. The van der Waals surface area contributed by atoms with Gasteiger partial charge in [-0.05, 0) is 17.7 Å². The first-order valence-corrected chi connectivity index (χ1v) is 6.43. The lowest BCUT2D eigenvalue weighted by Gasteiger charge is -2.21. The van der Waals surface area contributed by atoms with Crippen molar-refractivity contribution in [1.82, 2.24) is 10.9 Å². The van der Waals surface area contributed by atoms with E-state index in [0.29, 0.717) is 6.42 Å². The molecule has 0 saturated carbocycles. The van der Waals surface area contributed by atoms with Crippen molar-refractivity contribution in [3.05, 3.63) is 46.9 Å². The molecule has 0 aliphatic carbocycles. The van der Waals surface area contributed by atoms with Gasteiger partial charge in [0, 0.05) is 11.0 Å². The van der Waals surface area contributed by atoms with Crippen LogP contribution in [0.15, 0.2) is 46.2 Å². The first kappa shape index (κ1) is 10.3. The van der Waals surface area contributed by atoms with Crippen molar-refractivity contribution in [3.63, 3.8) is 0 Å². The second-order valence-corrected chi connectivity index (χ2v) is 5.15. The molecule has 0 spiro atoms. The average Bonchev–Trinajstić information content (AvgIpc) is 2.48. The number of rotatable bonds is 0. The third-order valence-corrected chi connectivity index (χ3v) is 3.94. The summed E-state index contributed by atoms with van der Waals surface area (Å²) in [6.45, 7) is 0. The van der Waals surface area contributed by atoms with Gasteiger partial charge in [0.1, 0.15) is 0 Å². The van der Waals surface area contributed by atoms with Crippen LogP contribution in [-0.4, -0.2) is 10.1 Å². The lowest BCUT2D eigenvalue weighted by atomic mass is 10.0. The van der Waals surface area contributed by atoms with Gasteiger partial charge in [0.15, 0.2) is 0 Å². The second-order valence-electron chi connectivity index (χ2n) is 3.85. The fourth-order valence-corrected chi connectivity index (χ4v) is 3.00. The molecule has 0 aromatic heterocycles. The summed E-state index contributed by atoms with van der Waals surface area (Å²) >= 11 is 0. The predicted octanol–water partition coefficient (Wildman–Crippen LogP) is 1.06. The van der Waals surface area contributed by atoms with Crippen LogP contribution in [0.1, 0.15) is 12.0 Å². The molecule has 0 radical (unpaired) electrons. The summed E-state index contributed by atoms with van der Waals surface area (Å²) in [6.07, 6.45) is 2.07. The van der Waals surface area contributed by atoms with E-state index < -0.39 is 10.8 Å². The van der Waals surface area contributed by atoms with E-state index >= 15 is 0 Å². The summed E-state index contributed by atoms with van der Waals surface area (Å²) in [4.78, 5) is 12.1. The van der Waals surface area contributed by atoms with Gasteiger partial charge in [-0.25, -0.2) is 4.21 Å². The maximum Gasteiger partial charge on any atom is 0.242 e. The average molecular weight is 246 g/mol. The Bertz CT molecular complexity index is 590. The molecule has 1 aromatic carbocycles. The standard InChI is InChI=1S/C12H10N2O2S/c15-11-7-8-5-6-17(16)10-4-2-1-3-9(10)12(8)14-13-11/h1-6,14H,7H2,(H,13,15). The van der Waals surface area contributed by atoms with Gasteiger partial charge in [-0.3, -0.25) is 15.6 Å². The van der Waals surface area contributed by atoms with Crippen molar-refractivity contribution in [2.45, 2.75) is 11.3 Å². The zero-order valence-corrected chi connectivity index (χ0v) is 9.71. The van der Waals surface area contributed by atoms with Crippen molar-refractivity contribution >= 4 is 22.4 Å². The van der Waals surface area contributed by atoms with Crippen molar-refractivity contribution < 1.29 is 9.00 Å². The number of allylic oxidation sites excluding steroid dienone is 1. The molecular formula is C12H10N2O2S. The normalized spacial score (nSPS) is 22.1. The Balaban J connectivity index is 2.23. The van der Waals surface area contributed by atoms with Gasteiger partial charge in [0.2, 0.25) is 5.91 Å². The van der Waals surface area contributed by atoms with E-state index in [0.717, 1.165) is 21.7 Å². The Labute approximate surface area is 101 Å². The molecular weight excluding hydrogens is 236 g/mol. The molecule has 4 nitrogen and oxygen atoms in total. The van der Waals surface area contributed by atoms with Crippen LogP contribution in [0.2, 0.25) is 0 Å². The van der Waals surface area contributed by atoms with Crippen LogP contribution in [0.5, 0.6) is 0 Å². The van der Waals surface area contributed by atoms with E-state index in [9.17, 15) is 9.00 Å². The topological polar surface area (TPSA) is 58.2 Å². The van der Waals surface area contributed by atoms with Gasteiger partial charge < -0.3 is 0 Å². The second kappa shape index (κ2) is 3.85. The molecule has 1 aromatic rings. The highest BCUT2D eigenvalue weighted by molar-refractivity contribution is 7.88. The number of carbonyl (C=O) groups excluding carboxylic acids is 1. The summed E-state index contributed by atoms with van der Waals surface area (Å²) in [5.41, 5.74) is 8.05. The molecule has 1 atom stereocenters. The lowest BCUT2D eigenvalue weighted by Crippen LogP contribution is -2.40. The molecule has 1 amide bonds. The van der Waals surface area contributed by atoms with Gasteiger partial charge in [0.05, 0.1) is 27.8 Å². The Morgan fingerprint density at radius 2 is 2.00 bits per heavy atom. The molecule has 0 saturated heterocycles. The van der Waals surface area contributed by atoms with Gasteiger partial charge in [0.25, 0.3) is 0 Å². The molecule has 3 rings (SSSR count). The fourth-order valence-electron chi connectivity index (χ4n) is 1.97. The summed E-state index contributed by atoms with van der Waals surface area (Å²) in [6, 6.07) is 7.49. The summed E-state index contributed by atoms with van der Waals surface area (Å²) < 4.78 is 12.0. The number of carbonyl (C=O) groups is 1. The number of fused-ring (bicyclic) bond motifs is 2. The van der Waals surface area contributed by atoms with E-state index in [1.165, 1.54) is 0 Å². The Hall–Kier alpha value is -1.88. The molecule has 5 heteroatoms. The molecule has 0 bridgehead atoms. The van der Waals surface area contributed by atoms with E-state index in [2.05, 4.69) is 10.9 Å². The number of amides is 1. The number of nitrogens with one attached hydrogen (secondary N) is 2. The van der Waals surface area contributed by atoms with Gasteiger partial charge >= 0.3 is 0 Å². The summed E-state index contributed by atoms with van der Waals surface area (Å²) in [7, 11) is -1.16. The third kappa shape index (κ3) is 1.68. The van der Waals surface area contributed by atoms with Crippen LogP contribution >= 0.6 is 0 Å². The van der Waals surface area contributed by atoms with Crippen molar-refractivity contribution in [1.29, 1.82) is 0 Å². The van der Waals surface area contributed by atoms with E-state index in [4.69, 9.17) is 0 Å². The Kier molecular flexibility index (Phi) is 2.33. The maximum absolute atomic E-state index is 12.0. The minimum absolute atomic E-state index is 0.0847. The zero-order valence-electron chi connectivity index (χ0n) is 8.90. The molecule has 0 fully saturated rings. The fraction of sp³-hybridized carbons (Fsp3) is 0.0833. The minimum Gasteiger partial charge on any atom is -0.298 e. The minimum atomic E-state index is -1.16. The van der Waals surface area contributed by atoms with Crippen LogP contribution in [0.4, 0.5) is 0 Å². The summed E-state index contributed by atoms with van der Waals surface area (Å²) in [5.74, 6) is -0.0847. The highest BCUT2D eigenvalue weighted by Gasteiger charge is 2.22. The maximum atomic E-state index is 12.0. The van der Waals surface area contributed by atoms with Crippen molar-refractivity contribution in [3.8, 4) is 0 Å². The highest BCUT2D eigenvalue weighted by Crippen LogP contribution is 2.29. The number of benzene rings is 1. The Morgan fingerprint density at radius 3 is 2.88 bits per heavy atom. The molecule has 1 unspecified atom stereocenters. The van der Waals surface area contributed by atoms with E-state index in [1.807, 2.05) is 24.3 Å². The van der Waals surface area contributed by atoms with E-state index in [-0.39, 0.29) is 5.91 Å². The molecule has 2 N–H and O–H groups in total. The van der Waals surface area contributed by atoms with Crippen LogP contribution < -0.4 is 10.9 Å². The smallest absolute Gasteiger partial charge is 0.242 e. The summed E-state index contributed by atoms with van der Waals surface area (Å²) in [5, 5.41) is 1.63. The lowest BCUT2D eigenvalue weighted by molar-refractivity contribution is -0.121. The molecule has 2 aliphatic heterocycles. The first-order valence-electron chi connectivity index (χ1n) is 5.22. The zero-order chi connectivity index (χ0) is 11.8. The first-order chi connectivity index (χ1) is 8.25. The Morgan fingerprint density at radius 1 is 1.18 bits per heavy atom. The number of hydrazine groups is 1. The van der Waals surface area contributed by atoms with Gasteiger partial charge in [-0.1, -0.05) is 18.2 Å². The van der Waals surface area contributed by atoms with E-state index in [1.54, 1.807) is 11.5 Å². The number of hydrogen-bond acceptors (Lipinski definition) is 3. The largest absolute Gasteiger partial charge is 0.298 e. The van der Waals surface area contributed by atoms with Crippen molar-refractivity contribution in [2.24, 2.45) is 0 Å². The molecule has 2 aliphatic rings. The van der Waals surface area contributed by atoms with Crippen molar-refractivity contribution in [2.75, 3.05) is 0 Å². The molecule has 86 valence electrons. The molecule has 17 heavy (non-hydrogen) atoms. The third-order valence-electron chi connectivity index (χ3n) is 2.77. The van der Waals surface area contributed by atoms with Crippen LogP contribution in [0.25, 0.3) is 5.70 Å². The van der Waals surface area contributed by atoms with Gasteiger partial charge in [-0.2, -0.15) is 0 Å². The highest BCUT2D eigenvalue weighted by atomic mass is 32.2.